The third kappa shape index (κ3) is 5.13. The van der Waals surface area contributed by atoms with E-state index in [0.717, 1.165) is 23.9 Å². The van der Waals surface area contributed by atoms with Crippen LogP contribution in [0.2, 0.25) is 0 Å². The number of amides is 1. The van der Waals surface area contributed by atoms with E-state index in [2.05, 4.69) is 20.0 Å². The molecule has 28 heavy (non-hydrogen) atoms. The standard InChI is InChI=1S/C16H11F3N4O4S/c17-16(18,19)27-11-4-1-9(2-5-11)20-14(24)8-28-15-21-12-6-3-10(23(25)26)7-13(12)22-15/h1-7H,8H2,(H,20,24)(H,21,22). The monoisotopic (exact) mass is 412 g/mol. The lowest BCUT2D eigenvalue weighted by Crippen LogP contribution is -2.17. The molecule has 0 fully saturated rings. The number of nitro groups is 1. The summed E-state index contributed by atoms with van der Waals surface area (Å²) in [6, 6.07) is 8.91. The lowest BCUT2D eigenvalue weighted by molar-refractivity contribution is -0.384. The number of nitrogens with zero attached hydrogens (tertiary/aromatic N) is 2. The highest BCUT2D eigenvalue weighted by atomic mass is 32.2. The summed E-state index contributed by atoms with van der Waals surface area (Å²) in [5.41, 5.74) is 1.22. The molecular weight excluding hydrogens is 401 g/mol. The van der Waals surface area contributed by atoms with Gasteiger partial charge in [0.05, 0.1) is 21.7 Å². The van der Waals surface area contributed by atoms with Crippen LogP contribution < -0.4 is 10.1 Å². The van der Waals surface area contributed by atoms with E-state index < -0.39 is 22.9 Å². The molecular formula is C16H11F3N4O4S. The van der Waals surface area contributed by atoms with Gasteiger partial charge in [-0.3, -0.25) is 14.9 Å². The van der Waals surface area contributed by atoms with E-state index in [1.165, 1.54) is 30.3 Å². The number of carbonyl (C=O) groups excluding carboxylic acids is 1. The van der Waals surface area contributed by atoms with Crippen molar-refractivity contribution in [3.8, 4) is 5.75 Å². The summed E-state index contributed by atoms with van der Waals surface area (Å²) in [7, 11) is 0. The number of ether oxygens (including phenoxy) is 1. The Bertz CT molecular complexity index is 1020. The van der Waals surface area contributed by atoms with Crippen molar-refractivity contribution in [2.75, 3.05) is 11.1 Å². The highest BCUT2D eigenvalue weighted by molar-refractivity contribution is 7.99. The molecule has 1 heterocycles. The smallest absolute Gasteiger partial charge is 0.406 e. The van der Waals surface area contributed by atoms with Gasteiger partial charge in [0, 0.05) is 17.8 Å². The Morgan fingerprint density at radius 1 is 1.25 bits per heavy atom. The number of halogens is 3. The van der Waals surface area contributed by atoms with Crippen LogP contribution in [0.25, 0.3) is 11.0 Å². The zero-order valence-corrected chi connectivity index (χ0v) is 14.6. The second-order valence-electron chi connectivity index (χ2n) is 5.41. The van der Waals surface area contributed by atoms with Crippen LogP contribution in [0.15, 0.2) is 47.6 Å². The van der Waals surface area contributed by atoms with E-state index in [0.29, 0.717) is 21.9 Å². The Morgan fingerprint density at radius 2 is 1.96 bits per heavy atom. The van der Waals surface area contributed by atoms with Gasteiger partial charge >= 0.3 is 6.36 Å². The average molecular weight is 412 g/mol. The van der Waals surface area contributed by atoms with Gasteiger partial charge in [0.15, 0.2) is 5.16 Å². The number of nitrogens with one attached hydrogen (secondary N) is 2. The number of aromatic nitrogens is 2. The van der Waals surface area contributed by atoms with E-state index >= 15 is 0 Å². The first-order chi connectivity index (χ1) is 13.2. The van der Waals surface area contributed by atoms with Crippen molar-refractivity contribution in [2.45, 2.75) is 11.5 Å². The van der Waals surface area contributed by atoms with Gasteiger partial charge in [0.25, 0.3) is 5.69 Å². The zero-order valence-electron chi connectivity index (χ0n) is 13.8. The predicted molar refractivity (Wildman–Crippen MR) is 95.2 cm³/mol. The van der Waals surface area contributed by atoms with Gasteiger partial charge in [-0.05, 0) is 30.3 Å². The molecule has 0 aliphatic heterocycles. The molecule has 0 saturated carbocycles. The third-order valence-electron chi connectivity index (χ3n) is 3.37. The van der Waals surface area contributed by atoms with Crippen molar-refractivity contribution >= 4 is 40.1 Å². The first-order valence-corrected chi connectivity index (χ1v) is 8.61. The van der Waals surface area contributed by atoms with E-state index in [1.54, 1.807) is 0 Å². The number of imidazole rings is 1. The van der Waals surface area contributed by atoms with Gasteiger partial charge < -0.3 is 15.0 Å². The molecule has 0 saturated heterocycles. The first-order valence-electron chi connectivity index (χ1n) is 7.62. The quantitative estimate of drug-likeness (QED) is 0.358. The van der Waals surface area contributed by atoms with Crippen molar-refractivity contribution in [1.82, 2.24) is 9.97 Å². The lowest BCUT2D eigenvalue weighted by Gasteiger charge is -2.09. The number of carbonyl (C=O) groups is 1. The van der Waals surface area contributed by atoms with Crippen LogP contribution in [0.3, 0.4) is 0 Å². The van der Waals surface area contributed by atoms with Crippen LogP contribution in [0, 0.1) is 10.1 Å². The number of H-pyrrole nitrogens is 1. The maximum atomic E-state index is 12.1. The highest BCUT2D eigenvalue weighted by Gasteiger charge is 2.30. The van der Waals surface area contributed by atoms with Crippen LogP contribution >= 0.6 is 11.8 Å². The van der Waals surface area contributed by atoms with Crippen molar-refractivity contribution in [1.29, 1.82) is 0 Å². The topological polar surface area (TPSA) is 110 Å². The summed E-state index contributed by atoms with van der Waals surface area (Å²) in [4.78, 5) is 29.3. The minimum absolute atomic E-state index is 0.0251. The number of aromatic amines is 1. The van der Waals surface area contributed by atoms with Crippen LogP contribution in [0.5, 0.6) is 5.75 Å². The normalized spacial score (nSPS) is 11.4. The molecule has 0 atom stereocenters. The number of benzene rings is 2. The van der Waals surface area contributed by atoms with Crippen LogP contribution in [-0.4, -0.2) is 32.9 Å². The molecule has 3 aromatic rings. The van der Waals surface area contributed by atoms with E-state index in [9.17, 15) is 28.1 Å². The lowest BCUT2D eigenvalue weighted by atomic mass is 10.3. The molecule has 8 nitrogen and oxygen atoms in total. The van der Waals surface area contributed by atoms with Gasteiger partial charge in [-0.25, -0.2) is 4.98 Å². The number of anilines is 1. The molecule has 0 aliphatic rings. The number of hydrogen-bond acceptors (Lipinski definition) is 6. The second-order valence-corrected chi connectivity index (χ2v) is 6.37. The van der Waals surface area contributed by atoms with Crippen molar-refractivity contribution in [2.24, 2.45) is 0 Å². The largest absolute Gasteiger partial charge is 0.573 e. The molecule has 0 bridgehead atoms. The molecule has 0 spiro atoms. The molecule has 1 aromatic heterocycles. The molecule has 12 heteroatoms. The summed E-state index contributed by atoms with van der Waals surface area (Å²) in [6.45, 7) is 0. The molecule has 0 unspecified atom stereocenters. The van der Waals surface area contributed by atoms with E-state index in [1.807, 2.05) is 0 Å². The van der Waals surface area contributed by atoms with Gasteiger partial charge in [0.1, 0.15) is 5.75 Å². The molecule has 3 rings (SSSR count). The summed E-state index contributed by atoms with van der Waals surface area (Å²) in [6.07, 6.45) is -4.78. The Balaban J connectivity index is 1.57. The number of rotatable bonds is 6. The fourth-order valence-corrected chi connectivity index (χ4v) is 2.91. The Kier molecular flexibility index (Phi) is 5.40. The van der Waals surface area contributed by atoms with Crippen molar-refractivity contribution in [3.63, 3.8) is 0 Å². The molecule has 0 aliphatic carbocycles. The van der Waals surface area contributed by atoms with Crippen molar-refractivity contribution < 1.29 is 27.6 Å². The maximum absolute atomic E-state index is 12.1. The van der Waals surface area contributed by atoms with E-state index in [4.69, 9.17) is 0 Å². The summed E-state index contributed by atoms with van der Waals surface area (Å²) >= 11 is 1.08. The Morgan fingerprint density at radius 3 is 2.61 bits per heavy atom. The van der Waals surface area contributed by atoms with E-state index in [-0.39, 0.29) is 11.4 Å². The number of non-ortho nitro benzene ring substituents is 1. The molecule has 146 valence electrons. The SMILES string of the molecule is O=C(CSc1nc2ccc([N+](=O)[O-])cc2[nH]1)Nc1ccc(OC(F)(F)F)cc1. The third-order valence-corrected chi connectivity index (χ3v) is 4.24. The van der Waals surface area contributed by atoms with Crippen molar-refractivity contribution in [3.05, 3.63) is 52.6 Å². The summed E-state index contributed by atoms with van der Waals surface area (Å²) in [5, 5.41) is 13.7. The number of hydrogen-bond donors (Lipinski definition) is 2. The minimum Gasteiger partial charge on any atom is -0.406 e. The number of alkyl halides is 3. The molecule has 2 N–H and O–H groups in total. The van der Waals surface area contributed by atoms with Crippen LogP contribution in [-0.2, 0) is 4.79 Å². The molecule has 1 amide bonds. The van der Waals surface area contributed by atoms with Gasteiger partial charge in [-0.1, -0.05) is 11.8 Å². The second kappa shape index (κ2) is 7.76. The molecule has 2 aromatic carbocycles. The van der Waals surface area contributed by atoms with Gasteiger partial charge in [-0.15, -0.1) is 13.2 Å². The zero-order chi connectivity index (χ0) is 20.3. The van der Waals surface area contributed by atoms with Crippen LogP contribution in [0.1, 0.15) is 0 Å². The fourth-order valence-electron chi connectivity index (χ4n) is 2.23. The molecule has 0 radical (unpaired) electrons. The Labute approximate surface area is 159 Å². The fraction of sp³-hybridized carbons (Fsp3) is 0.125. The maximum Gasteiger partial charge on any atom is 0.573 e. The Hall–Kier alpha value is -3.28. The average Bonchev–Trinajstić information content (AvgIpc) is 3.02. The van der Waals surface area contributed by atoms with Crippen LogP contribution in [0.4, 0.5) is 24.5 Å². The number of nitro benzene ring substituents is 1. The minimum atomic E-state index is -4.78. The number of thioether (sulfide) groups is 1. The van der Waals surface area contributed by atoms with Gasteiger partial charge in [0.2, 0.25) is 5.91 Å². The summed E-state index contributed by atoms with van der Waals surface area (Å²) in [5.74, 6) is -0.819. The van der Waals surface area contributed by atoms with Gasteiger partial charge in [-0.2, -0.15) is 0 Å². The number of fused-ring (bicyclic) bond motifs is 1. The predicted octanol–water partition coefficient (Wildman–Crippen LogP) is 4.10. The summed E-state index contributed by atoms with van der Waals surface area (Å²) < 4.78 is 40.1. The first kappa shape index (κ1) is 19.5. The highest BCUT2D eigenvalue weighted by Crippen LogP contribution is 2.25.